The van der Waals surface area contributed by atoms with Crippen molar-refractivity contribution in [3.63, 3.8) is 0 Å². The Kier molecular flexibility index (Phi) is 12.4. The van der Waals surface area contributed by atoms with Crippen LogP contribution >= 0.6 is 24.8 Å². The molecule has 0 unspecified atom stereocenters. The van der Waals surface area contributed by atoms with Gasteiger partial charge in [0.2, 0.25) is 5.91 Å². The number of nitrogens with two attached hydrogens (primary N) is 1. The molecule has 1 aromatic carbocycles. The van der Waals surface area contributed by atoms with Gasteiger partial charge < -0.3 is 25.4 Å². The van der Waals surface area contributed by atoms with Crippen LogP contribution in [-0.4, -0.2) is 56.8 Å². The van der Waals surface area contributed by atoms with Crippen molar-refractivity contribution in [2.24, 2.45) is 5.73 Å². The third kappa shape index (κ3) is 7.69. The maximum Gasteiger partial charge on any atom is 0.241 e. The van der Waals surface area contributed by atoms with Gasteiger partial charge >= 0.3 is 0 Å². The van der Waals surface area contributed by atoms with Gasteiger partial charge in [0, 0.05) is 19.7 Å². The fourth-order valence-corrected chi connectivity index (χ4v) is 2.68. The van der Waals surface area contributed by atoms with Crippen LogP contribution in [0.5, 0.6) is 5.75 Å². The van der Waals surface area contributed by atoms with E-state index in [1.807, 2.05) is 29.2 Å². The van der Waals surface area contributed by atoms with E-state index in [4.69, 9.17) is 15.2 Å². The number of hydrogen-bond donors (Lipinski definition) is 2. The van der Waals surface area contributed by atoms with Gasteiger partial charge in [-0.05, 0) is 37.9 Å². The number of piperidine rings is 1. The van der Waals surface area contributed by atoms with Gasteiger partial charge in [-0.1, -0.05) is 12.1 Å². The molecule has 6 nitrogen and oxygen atoms in total. The molecule has 0 bridgehead atoms. The number of rotatable bonds is 8. The van der Waals surface area contributed by atoms with Crippen molar-refractivity contribution in [3.05, 3.63) is 24.3 Å². The number of hydrogen-bond acceptors (Lipinski definition) is 5. The number of nitrogens with zero attached hydrogens (tertiary/aromatic N) is 1. The van der Waals surface area contributed by atoms with E-state index >= 15 is 0 Å². The van der Waals surface area contributed by atoms with Gasteiger partial charge in [-0.2, -0.15) is 0 Å². The van der Waals surface area contributed by atoms with Crippen LogP contribution in [0.3, 0.4) is 0 Å². The maximum absolute atomic E-state index is 12.3. The molecule has 144 valence electrons. The molecule has 1 amide bonds. The Labute approximate surface area is 162 Å². The van der Waals surface area contributed by atoms with Gasteiger partial charge in [0.15, 0.2) is 0 Å². The lowest BCUT2D eigenvalue weighted by Crippen LogP contribution is -2.43. The van der Waals surface area contributed by atoms with E-state index in [2.05, 4.69) is 5.32 Å². The highest BCUT2D eigenvalue weighted by atomic mass is 35.5. The second kappa shape index (κ2) is 13.1. The summed E-state index contributed by atoms with van der Waals surface area (Å²) < 4.78 is 11.0. The first kappa shape index (κ1) is 23.8. The molecule has 1 aliphatic rings. The number of carbonyl (C=O) groups excluding carboxylic acids is 1. The van der Waals surface area contributed by atoms with Crippen molar-refractivity contribution in [3.8, 4) is 5.75 Å². The molecule has 0 spiro atoms. The molecule has 0 radical (unpaired) electrons. The Bertz CT molecular complexity index is 498. The number of ether oxygens (including phenoxy) is 2. The summed E-state index contributed by atoms with van der Waals surface area (Å²) in [7, 11) is 1.62. The molecular weight excluding hydrogens is 365 g/mol. The monoisotopic (exact) mass is 393 g/mol. The lowest BCUT2D eigenvalue weighted by atomic mass is 10.1. The van der Waals surface area contributed by atoms with Gasteiger partial charge in [0.05, 0.1) is 25.4 Å². The first-order chi connectivity index (χ1) is 11.2. The van der Waals surface area contributed by atoms with Crippen LogP contribution in [0.4, 0.5) is 5.69 Å². The molecular formula is C17H29Cl2N3O3. The van der Waals surface area contributed by atoms with E-state index in [1.165, 1.54) is 0 Å². The molecule has 25 heavy (non-hydrogen) atoms. The van der Waals surface area contributed by atoms with Crippen molar-refractivity contribution >= 4 is 36.4 Å². The zero-order valence-corrected chi connectivity index (χ0v) is 16.2. The lowest BCUT2D eigenvalue weighted by Gasteiger charge is -2.32. The number of halogens is 2. The second-order valence-corrected chi connectivity index (χ2v) is 5.65. The number of amides is 1. The minimum atomic E-state index is 0. The van der Waals surface area contributed by atoms with Gasteiger partial charge in [0.25, 0.3) is 0 Å². The summed E-state index contributed by atoms with van der Waals surface area (Å²) >= 11 is 0. The number of nitrogens with one attached hydrogen (secondary N) is 1. The average molecular weight is 394 g/mol. The van der Waals surface area contributed by atoms with Crippen molar-refractivity contribution in [2.75, 3.05) is 45.2 Å². The van der Waals surface area contributed by atoms with Crippen molar-refractivity contribution < 1.29 is 14.3 Å². The number of benzene rings is 1. The summed E-state index contributed by atoms with van der Waals surface area (Å²) in [5.74, 6) is 0.851. The highest BCUT2D eigenvalue weighted by Crippen LogP contribution is 2.23. The van der Waals surface area contributed by atoms with Gasteiger partial charge in [0.1, 0.15) is 5.75 Å². The molecule has 0 saturated carbocycles. The molecule has 1 saturated heterocycles. The maximum atomic E-state index is 12.3. The van der Waals surface area contributed by atoms with Crippen LogP contribution < -0.4 is 15.8 Å². The van der Waals surface area contributed by atoms with Crippen LogP contribution in [-0.2, 0) is 9.53 Å². The van der Waals surface area contributed by atoms with Gasteiger partial charge in [-0.25, -0.2) is 0 Å². The predicted octanol–water partition coefficient (Wildman–Crippen LogP) is 2.31. The lowest BCUT2D eigenvalue weighted by molar-refractivity contribution is -0.131. The first-order valence-electron chi connectivity index (χ1n) is 8.21. The number of likely N-dealkylation sites (tertiary alicyclic amines) is 1. The minimum absolute atomic E-state index is 0. The standard InChI is InChI=1S/C17H27N3O3.2ClH/c1-22-16-6-3-2-5-15(16)19-13-17(21)20-10-7-14(8-11-20)23-12-4-9-18;;/h2-3,5-6,14,19H,4,7-13,18H2,1H3;2*1H. The van der Waals surface area contributed by atoms with Gasteiger partial charge in [-0.3, -0.25) is 4.79 Å². The average Bonchev–Trinajstić information content (AvgIpc) is 2.60. The quantitative estimate of drug-likeness (QED) is 0.662. The predicted molar refractivity (Wildman–Crippen MR) is 105 cm³/mol. The van der Waals surface area contributed by atoms with Crippen molar-refractivity contribution in [1.29, 1.82) is 0 Å². The van der Waals surface area contributed by atoms with Crippen molar-refractivity contribution in [1.82, 2.24) is 4.90 Å². The van der Waals surface area contributed by atoms with Gasteiger partial charge in [-0.15, -0.1) is 24.8 Å². The molecule has 1 fully saturated rings. The zero-order valence-electron chi connectivity index (χ0n) is 14.6. The van der Waals surface area contributed by atoms with Crippen molar-refractivity contribution in [2.45, 2.75) is 25.4 Å². The molecule has 1 heterocycles. The third-order valence-electron chi connectivity index (χ3n) is 4.03. The van der Waals surface area contributed by atoms with E-state index in [9.17, 15) is 4.79 Å². The second-order valence-electron chi connectivity index (χ2n) is 5.65. The topological polar surface area (TPSA) is 76.8 Å². The van der Waals surface area contributed by atoms with Crippen LogP contribution in [0.15, 0.2) is 24.3 Å². The van der Waals surface area contributed by atoms with E-state index in [-0.39, 0.29) is 43.4 Å². The molecule has 3 N–H and O–H groups in total. The van der Waals surface area contributed by atoms with Crippen LogP contribution in [0.25, 0.3) is 0 Å². The van der Waals surface area contributed by atoms with E-state index in [1.54, 1.807) is 7.11 Å². The summed E-state index contributed by atoms with van der Waals surface area (Å²) in [6.45, 7) is 3.15. The number of para-hydroxylation sites is 2. The molecule has 2 rings (SSSR count). The smallest absolute Gasteiger partial charge is 0.241 e. The number of methoxy groups -OCH3 is 1. The summed E-state index contributed by atoms with van der Waals surface area (Å²) in [5, 5.41) is 3.15. The summed E-state index contributed by atoms with van der Waals surface area (Å²) in [4.78, 5) is 14.2. The number of carbonyl (C=O) groups is 1. The molecule has 0 atom stereocenters. The first-order valence-corrected chi connectivity index (χ1v) is 8.21. The minimum Gasteiger partial charge on any atom is -0.495 e. The fourth-order valence-electron chi connectivity index (χ4n) is 2.68. The molecule has 8 heteroatoms. The summed E-state index contributed by atoms with van der Waals surface area (Å²) in [6.07, 6.45) is 2.94. The normalized spacial score (nSPS) is 14.2. The fraction of sp³-hybridized carbons (Fsp3) is 0.588. The van der Waals surface area contributed by atoms with Crippen LogP contribution in [0.2, 0.25) is 0 Å². The van der Waals surface area contributed by atoms with Crippen LogP contribution in [0, 0.1) is 0 Å². The Morgan fingerprint density at radius 2 is 1.96 bits per heavy atom. The zero-order chi connectivity index (χ0) is 16.5. The highest BCUT2D eigenvalue weighted by molar-refractivity contribution is 5.85. The third-order valence-corrected chi connectivity index (χ3v) is 4.03. The summed E-state index contributed by atoms with van der Waals surface area (Å²) in [5.41, 5.74) is 6.30. The Morgan fingerprint density at radius 1 is 1.28 bits per heavy atom. The largest absolute Gasteiger partial charge is 0.495 e. The van der Waals surface area contributed by atoms with E-state index < -0.39 is 0 Å². The molecule has 1 aliphatic heterocycles. The highest BCUT2D eigenvalue weighted by Gasteiger charge is 2.22. The Morgan fingerprint density at radius 3 is 2.60 bits per heavy atom. The van der Waals surface area contributed by atoms with E-state index in [0.717, 1.165) is 43.8 Å². The SMILES string of the molecule is COc1ccccc1NCC(=O)N1CCC(OCCCN)CC1.Cl.Cl. The van der Waals surface area contributed by atoms with Crippen LogP contribution in [0.1, 0.15) is 19.3 Å². The molecule has 1 aromatic rings. The van der Waals surface area contributed by atoms with E-state index in [0.29, 0.717) is 13.2 Å². The molecule has 0 aliphatic carbocycles. The Balaban J connectivity index is 0.00000288. The molecule has 0 aromatic heterocycles. The number of anilines is 1. The summed E-state index contributed by atoms with van der Waals surface area (Å²) in [6, 6.07) is 7.60. The Hall–Kier alpha value is -1.21.